The number of nitrogens with one attached hydrogen (secondary N) is 1. The zero-order chi connectivity index (χ0) is 17.7. The highest BCUT2D eigenvalue weighted by molar-refractivity contribution is 7.89. The number of hydrogen-bond donors (Lipinski definition) is 1. The van der Waals surface area contributed by atoms with Gasteiger partial charge in [-0.15, -0.1) is 0 Å². The van der Waals surface area contributed by atoms with Gasteiger partial charge < -0.3 is 0 Å². The summed E-state index contributed by atoms with van der Waals surface area (Å²) < 4.78 is 28.8. The van der Waals surface area contributed by atoms with Gasteiger partial charge in [-0.1, -0.05) is 18.2 Å². The van der Waals surface area contributed by atoms with Crippen molar-refractivity contribution in [1.82, 2.24) is 14.5 Å². The van der Waals surface area contributed by atoms with Crippen molar-refractivity contribution in [1.29, 1.82) is 5.26 Å². The summed E-state index contributed by atoms with van der Waals surface area (Å²) in [6.07, 6.45) is 4.14. The summed E-state index contributed by atoms with van der Waals surface area (Å²) in [6.45, 7) is 0.267. The van der Waals surface area contributed by atoms with E-state index in [1.807, 2.05) is 42.6 Å². The molecule has 3 rings (SSSR count). The zero-order valence-electron chi connectivity index (χ0n) is 13.3. The van der Waals surface area contributed by atoms with Gasteiger partial charge in [-0.2, -0.15) is 10.4 Å². The first kappa shape index (κ1) is 16.9. The summed E-state index contributed by atoms with van der Waals surface area (Å²) in [7, 11) is -3.59. The van der Waals surface area contributed by atoms with Gasteiger partial charge in [0.25, 0.3) is 0 Å². The van der Waals surface area contributed by atoms with Crippen molar-refractivity contribution in [3.05, 3.63) is 78.1 Å². The van der Waals surface area contributed by atoms with Crippen molar-refractivity contribution in [2.45, 2.75) is 11.3 Å². The number of rotatable bonds is 6. The van der Waals surface area contributed by atoms with E-state index >= 15 is 0 Å². The van der Waals surface area contributed by atoms with E-state index in [9.17, 15) is 8.42 Å². The molecule has 2 aromatic carbocycles. The largest absolute Gasteiger partial charge is 0.241 e. The molecule has 7 heteroatoms. The van der Waals surface area contributed by atoms with Crippen molar-refractivity contribution in [2.24, 2.45) is 0 Å². The van der Waals surface area contributed by atoms with Crippen LogP contribution in [0.15, 0.2) is 71.9 Å². The Morgan fingerprint density at radius 2 is 1.80 bits per heavy atom. The van der Waals surface area contributed by atoms with E-state index in [0.717, 1.165) is 11.3 Å². The molecule has 25 heavy (non-hydrogen) atoms. The lowest BCUT2D eigenvalue weighted by Gasteiger charge is -2.06. The van der Waals surface area contributed by atoms with Crippen LogP contribution in [0.25, 0.3) is 5.69 Å². The van der Waals surface area contributed by atoms with Gasteiger partial charge in [-0.3, -0.25) is 0 Å². The van der Waals surface area contributed by atoms with E-state index in [1.165, 1.54) is 24.3 Å². The molecule has 0 spiro atoms. The number of nitrogens with zero attached hydrogens (tertiary/aromatic N) is 3. The Hall–Kier alpha value is -2.95. The SMILES string of the molecule is N#Cc1ccc(S(=O)(=O)NCCc2cnn(-c3ccccc3)c2)cc1. The smallest absolute Gasteiger partial charge is 0.240 e. The van der Waals surface area contributed by atoms with Crippen molar-refractivity contribution >= 4 is 10.0 Å². The van der Waals surface area contributed by atoms with Crippen LogP contribution < -0.4 is 4.72 Å². The fourth-order valence-electron chi connectivity index (χ4n) is 2.33. The number of benzene rings is 2. The number of nitriles is 1. The minimum Gasteiger partial charge on any atom is -0.241 e. The molecule has 0 radical (unpaired) electrons. The molecule has 0 bridgehead atoms. The van der Waals surface area contributed by atoms with Gasteiger partial charge in [0.2, 0.25) is 10.0 Å². The molecule has 3 aromatic rings. The minimum absolute atomic E-state index is 0.145. The van der Waals surface area contributed by atoms with Gasteiger partial charge in [0.05, 0.1) is 28.4 Å². The van der Waals surface area contributed by atoms with E-state index in [0.29, 0.717) is 12.0 Å². The molecule has 0 atom stereocenters. The lowest BCUT2D eigenvalue weighted by molar-refractivity contribution is 0.581. The van der Waals surface area contributed by atoms with Crippen LogP contribution in [-0.2, 0) is 16.4 Å². The number of hydrogen-bond acceptors (Lipinski definition) is 4. The lowest BCUT2D eigenvalue weighted by Crippen LogP contribution is -2.25. The predicted molar refractivity (Wildman–Crippen MR) is 93.6 cm³/mol. The summed E-state index contributed by atoms with van der Waals surface area (Å²) in [4.78, 5) is 0.145. The third-order valence-electron chi connectivity index (χ3n) is 3.66. The Bertz CT molecular complexity index is 988. The zero-order valence-corrected chi connectivity index (χ0v) is 14.1. The summed E-state index contributed by atoms with van der Waals surface area (Å²) in [5, 5.41) is 13.0. The van der Waals surface area contributed by atoms with Gasteiger partial charge in [0.15, 0.2) is 0 Å². The molecule has 1 aromatic heterocycles. The Morgan fingerprint density at radius 1 is 1.08 bits per heavy atom. The van der Waals surface area contributed by atoms with Gasteiger partial charge in [0, 0.05) is 12.7 Å². The molecule has 0 amide bonds. The highest BCUT2D eigenvalue weighted by atomic mass is 32.2. The quantitative estimate of drug-likeness (QED) is 0.737. The van der Waals surface area contributed by atoms with Crippen LogP contribution >= 0.6 is 0 Å². The van der Waals surface area contributed by atoms with E-state index < -0.39 is 10.0 Å². The molecule has 0 aliphatic heterocycles. The van der Waals surface area contributed by atoms with Crippen LogP contribution in [0.4, 0.5) is 0 Å². The Labute approximate surface area is 146 Å². The average molecular weight is 352 g/mol. The molecule has 0 saturated carbocycles. The Morgan fingerprint density at radius 3 is 2.48 bits per heavy atom. The predicted octanol–water partition coefficient (Wildman–Crippen LogP) is 2.26. The normalized spacial score (nSPS) is 11.2. The maximum absolute atomic E-state index is 12.2. The number of aromatic nitrogens is 2. The van der Waals surface area contributed by atoms with Gasteiger partial charge >= 0.3 is 0 Å². The van der Waals surface area contributed by atoms with Crippen LogP contribution in [0.2, 0.25) is 0 Å². The van der Waals surface area contributed by atoms with Crippen molar-refractivity contribution in [3.8, 4) is 11.8 Å². The number of sulfonamides is 1. The Balaban J connectivity index is 1.61. The topological polar surface area (TPSA) is 87.8 Å². The molecule has 1 heterocycles. The summed E-state index contributed by atoms with van der Waals surface area (Å²) >= 11 is 0. The third kappa shape index (κ3) is 4.12. The van der Waals surface area contributed by atoms with Crippen LogP contribution in [0.5, 0.6) is 0 Å². The highest BCUT2D eigenvalue weighted by Crippen LogP contribution is 2.11. The summed E-state index contributed by atoms with van der Waals surface area (Å²) in [5.74, 6) is 0. The molecule has 6 nitrogen and oxygen atoms in total. The van der Waals surface area contributed by atoms with Crippen LogP contribution in [0.1, 0.15) is 11.1 Å². The number of para-hydroxylation sites is 1. The second-order valence-corrected chi connectivity index (χ2v) is 7.18. The Kier molecular flexibility index (Phi) is 4.93. The van der Waals surface area contributed by atoms with Crippen LogP contribution in [0, 0.1) is 11.3 Å². The van der Waals surface area contributed by atoms with E-state index in [1.54, 1.807) is 10.9 Å². The van der Waals surface area contributed by atoms with Crippen molar-refractivity contribution in [2.75, 3.05) is 6.54 Å². The lowest BCUT2D eigenvalue weighted by atomic mass is 10.2. The molecule has 126 valence electrons. The standard InChI is InChI=1S/C18H16N4O2S/c19-12-15-6-8-18(9-7-15)25(23,24)21-11-10-16-13-20-22(14-16)17-4-2-1-3-5-17/h1-9,13-14,21H,10-11H2. The van der Waals surface area contributed by atoms with Crippen LogP contribution in [0.3, 0.4) is 0 Å². The summed E-state index contributed by atoms with van der Waals surface area (Å²) in [5.41, 5.74) is 2.31. The molecule has 0 fully saturated rings. The first-order valence-corrected chi connectivity index (χ1v) is 9.15. The monoisotopic (exact) mass is 352 g/mol. The molecule has 1 N–H and O–H groups in total. The van der Waals surface area contributed by atoms with Crippen molar-refractivity contribution < 1.29 is 8.42 Å². The average Bonchev–Trinajstić information content (AvgIpc) is 3.11. The maximum atomic E-state index is 12.2. The second kappa shape index (κ2) is 7.30. The third-order valence-corrected chi connectivity index (χ3v) is 5.13. The van der Waals surface area contributed by atoms with E-state index in [-0.39, 0.29) is 11.4 Å². The molecule has 0 aliphatic rings. The van der Waals surface area contributed by atoms with E-state index in [4.69, 9.17) is 5.26 Å². The van der Waals surface area contributed by atoms with E-state index in [2.05, 4.69) is 9.82 Å². The molecular formula is C18H16N4O2S. The second-order valence-electron chi connectivity index (χ2n) is 5.41. The fraction of sp³-hybridized carbons (Fsp3) is 0.111. The molecule has 0 aliphatic carbocycles. The summed E-state index contributed by atoms with van der Waals surface area (Å²) in [6, 6.07) is 17.5. The maximum Gasteiger partial charge on any atom is 0.240 e. The van der Waals surface area contributed by atoms with Gasteiger partial charge in [0.1, 0.15) is 0 Å². The highest BCUT2D eigenvalue weighted by Gasteiger charge is 2.13. The van der Waals surface area contributed by atoms with Gasteiger partial charge in [-0.05, 0) is 48.4 Å². The van der Waals surface area contributed by atoms with Crippen molar-refractivity contribution in [3.63, 3.8) is 0 Å². The first-order chi connectivity index (χ1) is 12.1. The molecule has 0 unspecified atom stereocenters. The first-order valence-electron chi connectivity index (χ1n) is 7.67. The van der Waals surface area contributed by atoms with Gasteiger partial charge in [-0.25, -0.2) is 17.8 Å². The molecular weight excluding hydrogens is 336 g/mol. The fourth-order valence-corrected chi connectivity index (χ4v) is 3.36. The molecule has 0 saturated heterocycles. The van der Waals surface area contributed by atoms with Crippen LogP contribution in [-0.4, -0.2) is 24.7 Å². The minimum atomic E-state index is -3.59.